The van der Waals surface area contributed by atoms with Crippen molar-refractivity contribution in [3.63, 3.8) is 0 Å². The summed E-state index contributed by atoms with van der Waals surface area (Å²) in [4.78, 5) is 28.9. The molecule has 7 nitrogen and oxygen atoms in total. The van der Waals surface area contributed by atoms with E-state index in [9.17, 15) is 19.3 Å². The van der Waals surface area contributed by atoms with Crippen LogP contribution in [0.25, 0.3) is 0 Å². The highest BCUT2D eigenvalue weighted by Crippen LogP contribution is 2.19. The molecule has 0 spiro atoms. The Labute approximate surface area is 116 Å². The molecule has 0 aliphatic rings. The lowest BCUT2D eigenvalue weighted by Crippen LogP contribution is -2.13. The van der Waals surface area contributed by atoms with Gasteiger partial charge in [-0.25, -0.2) is 9.97 Å². The van der Waals surface area contributed by atoms with Crippen LogP contribution in [0.2, 0.25) is 5.15 Å². The van der Waals surface area contributed by atoms with Gasteiger partial charge in [0.05, 0.1) is 4.92 Å². The highest BCUT2D eigenvalue weighted by atomic mass is 35.5. The number of amides is 1. The number of nitro benzene ring substituents is 1. The zero-order valence-electron chi connectivity index (χ0n) is 9.71. The van der Waals surface area contributed by atoms with E-state index in [-0.39, 0.29) is 16.5 Å². The maximum Gasteiger partial charge on any atom is 0.305 e. The van der Waals surface area contributed by atoms with Crippen LogP contribution >= 0.6 is 11.6 Å². The van der Waals surface area contributed by atoms with Gasteiger partial charge < -0.3 is 5.32 Å². The molecule has 0 bridgehead atoms. The first-order valence-electron chi connectivity index (χ1n) is 5.20. The summed E-state index contributed by atoms with van der Waals surface area (Å²) in [5.41, 5.74) is -0.855. The molecule has 0 saturated heterocycles. The van der Waals surface area contributed by atoms with E-state index in [0.717, 1.165) is 24.5 Å². The summed E-state index contributed by atoms with van der Waals surface area (Å²) in [5, 5.41) is 13.1. The van der Waals surface area contributed by atoms with Gasteiger partial charge in [0.2, 0.25) is 5.82 Å². The van der Waals surface area contributed by atoms with Crippen LogP contribution in [0.1, 0.15) is 10.4 Å². The van der Waals surface area contributed by atoms with Gasteiger partial charge in [0.25, 0.3) is 5.91 Å². The zero-order valence-corrected chi connectivity index (χ0v) is 10.5. The van der Waals surface area contributed by atoms with E-state index in [4.69, 9.17) is 11.6 Å². The van der Waals surface area contributed by atoms with Crippen LogP contribution in [0.15, 0.2) is 30.6 Å². The van der Waals surface area contributed by atoms with E-state index in [0.29, 0.717) is 0 Å². The van der Waals surface area contributed by atoms with E-state index in [1.807, 2.05) is 0 Å². The largest absolute Gasteiger partial charge is 0.306 e. The standard InChI is InChI=1S/C11H6ClFN4O3/c12-9-4-10(15-5-14-9)16-11(18)6-1-2-7(13)8(3-6)17(19)20/h1-5H,(H,14,15,16,18). The number of hydrogen-bond acceptors (Lipinski definition) is 5. The van der Waals surface area contributed by atoms with Crippen LogP contribution in [0.5, 0.6) is 0 Å². The van der Waals surface area contributed by atoms with Gasteiger partial charge in [-0.05, 0) is 12.1 Å². The Balaban J connectivity index is 2.26. The Hall–Kier alpha value is -2.61. The highest BCUT2D eigenvalue weighted by Gasteiger charge is 2.17. The molecule has 0 saturated carbocycles. The number of nitrogens with one attached hydrogen (secondary N) is 1. The highest BCUT2D eigenvalue weighted by molar-refractivity contribution is 6.29. The normalized spacial score (nSPS) is 10.1. The van der Waals surface area contributed by atoms with Crippen LogP contribution in [0.3, 0.4) is 0 Å². The number of aromatic nitrogens is 2. The summed E-state index contributed by atoms with van der Waals surface area (Å²) in [6, 6.07) is 4.12. The number of carbonyl (C=O) groups excluding carboxylic acids is 1. The molecule has 0 fully saturated rings. The van der Waals surface area contributed by atoms with E-state index < -0.39 is 22.3 Å². The van der Waals surface area contributed by atoms with Gasteiger partial charge in [-0.3, -0.25) is 14.9 Å². The van der Waals surface area contributed by atoms with Gasteiger partial charge in [-0.1, -0.05) is 11.6 Å². The third-order valence-electron chi connectivity index (χ3n) is 2.28. The van der Waals surface area contributed by atoms with E-state index in [2.05, 4.69) is 15.3 Å². The van der Waals surface area contributed by atoms with Crippen LogP contribution in [0, 0.1) is 15.9 Å². The van der Waals surface area contributed by atoms with Crippen molar-refractivity contribution in [1.29, 1.82) is 0 Å². The topological polar surface area (TPSA) is 98.0 Å². The molecule has 0 atom stereocenters. The predicted molar refractivity (Wildman–Crippen MR) is 68.0 cm³/mol. The number of carbonyl (C=O) groups is 1. The molecule has 102 valence electrons. The third-order valence-corrected chi connectivity index (χ3v) is 2.49. The molecule has 0 radical (unpaired) electrons. The molecule has 20 heavy (non-hydrogen) atoms. The fourth-order valence-corrected chi connectivity index (χ4v) is 1.53. The molecular formula is C11H6ClFN4O3. The summed E-state index contributed by atoms with van der Waals surface area (Å²) >= 11 is 5.62. The molecular weight excluding hydrogens is 291 g/mol. The van der Waals surface area contributed by atoms with Gasteiger partial charge in [0.1, 0.15) is 17.3 Å². The number of rotatable bonds is 3. The summed E-state index contributed by atoms with van der Waals surface area (Å²) in [6.45, 7) is 0. The van der Waals surface area contributed by atoms with Gasteiger partial charge in [0.15, 0.2) is 0 Å². The van der Waals surface area contributed by atoms with Crippen molar-refractivity contribution in [2.75, 3.05) is 5.32 Å². The van der Waals surface area contributed by atoms with Crippen LogP contribution in [-0.4, -0.2) is 20.8 Å². The number of anilines is 1. The molecule has 1 N–H and O–H groups in total. The average molecular weight is 297 g/mol. The smallest absolute Gasteiger partial charge is 0.305 e. The maximum atomic E-state index is 13.2. The van der Waals surface area contributed by atoms with E-state index in [1.54, 1.807) is 0 Å². The van der Waals surface area contributed by atoms with Gasteiger partial charge >= 0.3 is 5.69 Å². The van der Waals surface area contributed by atoms with Crippen molar-refractivity contribution in [1.82, 2.24) is 9.97 Å². The minimum atomic E-state index is -1.02. The SMILES string of the molecule is O=C(Nc1cc(Cl)ncn1)c1ccc(F)c([N+](=O)[O-])c1. The summed E-state index contributed by atoms with van der Waals surface area (Å²) in [5.74, 6) is -1.57. The van der Waals surface area contributed by atoms with Gasteiger partial charge in [0, 0.05) is 17.7 Å². The Morgan fingerprint density at radius 3 is 2.75 bits per heavy atom. The number of halogens is 2. The number of hydrogen-bond donors (Lipinski definition) is 1. The van der Waals surface area contributed by atoms with Crippen molar-refractivity contribution in [3.05, 3.63) is 57.2 Å². The minimum Gasteiger partial charge on any atom is -0.306 e. The second-order valence-electron chi connectivity index (χ2n) is 3.60. The fraction of sp³-hybridized carbons (Fsp3) is 0. The molecule has 0 aliphatic heterocycles. The summed E-state index contributed by atoms with van der Waals surface area (Å²) in [7, 11) is 0. The van der Waals surface area contributed by atoms with Crippen LogP contribution in [-0.2, 0) is 0 Å². The van der Waals surface area contributed by atoms with E-state index in [1.165, 1.54) is 6.07 Å². The Kier molecular flexibility index (Phi) is 3.85. The first-order valence-corrected chi connectivity index (χ1v) is 5.58. The Morgan fingerprint density at radius 2 is 2.10 bits per heavy atom. The molecule has 1 aromatic heterocycles. The summed E-state index contributed by atoms with van der Waals surface area (Å²) in [6.07, 6.45) is 1.14. The van der Waals surface area contributed by atoms with E-state index >= 15 is 0 Å². The first kappa shape index (κ1) is 13.8. The van der Waals surface area contributed by atoms with Crippen molar-refractivity contribution >= 4 is 29.0 Å². The van der Waals surface area contributed by atoms with Crippen molar-refractivity contribution in [2.45, 2.75) is 0 Å². The monoisotopic (exact) mass is 296 g/mol. The van der Waals surface area contributed by atoms with Crippen molar-refractivity contribution in [2.24, 2.45) is 0 Å². The lowest BCUT2D eigenvalue weighted by atomic mass is 10.2. The van der Waals surface area contributed by atoms with Gasteiger partial charge in [-0.2, -0.15) is 4.39 Å². The molecule has 2 aromatic rings. The van der Waals surface area contributed by atoms with Crippen LogP contribution in [0.4, 0.5) is 15.9 Å². The van der Waals surface area contributed by atoms with Crippen LogP contribution < -0.4 is 5.32 Å². The third kappa shape index (κ3) is 3.04. The second kappa shape index (κ2) is 5.57. The molecule has 0 unspecified atom stereocenters. The number of benzene rings is 1. The van der Waals surface area contributed by atoms with Crippen molar-refractivity contribution < 1.29 is 14.1 Å². The minimum absolute atomic E-state index is 0.0761. The molecule has 1 heterocycles. The second-order valence-corrected chi connectivity index (χ2v) is 3.99. The van der Waals surface area contributed by atoms with Crippen molar-refractivity contribution in [3.8, 4) is 0 Å². The fourth-order valence-electron chi connectivity index (χ4n) is 1.38. The molecule has 1 amide bonds. The zero-order chi connectivity index (χ0) is 14.7. The molecule has 2 rings (SSSR count). The molecule has 1 aromatic carbocycles. The Morgan fingerprint density at radius 1 is 1.35 bits per heavy atom. The summed E-state index contributed by atoms with van der Waals surface area (Å²) < 4.78 is 13.2. The first-order chi connectivity index (χ1) is 9.47. The van der Waals surface area contributed by atoms with Gasteiger partial charge in [-0.15, -0.1) is 0 Å². The molecule has 0 aliphatic carbocycles. The number of nitrogens with zero attached hydrogens (tertiary/aromatic N) is 3. The number of nitro groups is 1. The Bertz CT molecular complexity index is 695. The lowest BCUT2D eigenvalue weighted by molar-refractivity contribution is -0.387. The lowest BCUT2D eigenvalue weighted by Gasteiger charge is -2.04. The average Bonchev–Trinajstić information content (AvgIpc) is 2.38. The predicted octanol–water partition coefficient (Wildman–Crippen LogP) is 2.43. The quantitative estimate of drug-likeness (QED) is 0.533. The molecule has 9 heteroatoms. The maximum absolute atomic E-state index is 13.2.